The van der Waals surface area contributed by atoms with Gasteiger partial charge in [-0.15, -0.1) is 0 Å². The third-order valence-corrected chi connectivity index (χ3v) is 2.58. The zero-order valence-corrected chi connectivity index (χ0v) is 17.7. The zero-order valence-electron chi connectivity index (χ0n) is 17.7. The number of carbonyl (C=O) groups is 2. The summed E-state index contributed by atoms with van der Waals surface area (Å²) in [5.74, 6) is -2.15. The van der Waals surface area contributed by atoms with Gasteiger partial charge in [-0.05, 0) is 6.92 Å². The minimum absolute atomic E-state index is 0.0417. The summed E-state index contributed by atoms with van der Waals surface area (Å²) in [6, 6.07) is 0. The molecule has 0 aliphatic heterocycles. The first-order chi connectivity index (χ1) is 14.5. The van der Waals surface area contributed by atoms with Crippen LogP contribution in [0.15, 0.2) is 0 Å². The maximum absolute atomic E-state index is 9.64. The third kappa shape index (κ3) is 45.4. The molecule has 0 unspecified atom stereocenters. The first-order valence-electron chi connectivity index (χ1n) is 9.61. The number of carboxylic acid groups (broad SMARTS) is 2. The standard InChI is InChI=1S/C8H18O4.C6H14O4.C4H6O4/c1-2-10-5-6-12-8-7-11-4-3-9;7-1-3-9-5-6-10-4-2-8;5-3(6)1-2-4(7)8/h9H,2-8H2,1H3;7-8H,1-6H2;1-2H2,(H,5,6)(H,7,8). The van der Waals surface area contributed by atoms with Crippen molar-refractivity contribution < 1.29 is 58.8 Å². The van der Waals surface area contributed by atoms with E-state index in [1.807, 2.05) is 6.92 Å². The van der Waals surface area contributed by atoms with Crippen molar-refractivity contribution >= 4 is 11.9 Å². The lowest BCUT2D eigenvalue weighted by Gasteiger charge is -2.04. The lowest BCUT2D eigenvalue weighted by Crippen LogP contribution is -2.10. The van der Waals surface area contributed by atoms with E-state index in [4.69, 9.17) is 49.2 Å². The molecule has 0 aliphatic rings. The van der Waals surface area contributed by atoms with Crippen LogP contribution in [0.5, 0.6) is 0 Å². The SMILES string of the molecule is CCOCCOCCOCCO.O=C(O)CCC(=O)O.OCCOCCOCCO. The Morgan fingerprint density at radius 2 is 0.800 bits per heavy atom. The minimum Gasteiger partial charge on any atom is -0.481 e. The van der Waals surface area contributed by atoms with Gasteiger partial charge in [0.15, 0.2) is 0 Å². The van der Waals surface area contributed by atoms with Gasteiger partial charge >= 0.3 is 11.9 Å². The fourth-order valence-corrected chi connectivity index (χ4v) is 1.31. The van der Waals surface area contributed by atoms with Crippen molar-refractivity contribution in [2.45, 2.75) is 19.8 Å². The molecule has 0 saturated heterocycles. The van der Waals surface area contributed by atoms with E-state index in [0.29, 0.717) is 59.5 Å². The van der Waals surface area contributed by atoms with Crippen LogP contribution in [0.25, 0.3) is 0 Å². The molecule has 30 heavy (non-hydrogen) atoms. The second kappa shape index (κ2) is 32.3. The largest absolute Gasteiger partial charge is 0.481 e. The van der Waals surface area contributed by atoms with Crippen LogP contribution < -0.4 is 0 Å². The van der Waals surface area contributed by atoms with Gasteiger partial charge in [0, 0.05) is 6.61 Å². The van der Waals surface area contributed by atoms with Gasteiger partial charge in [0.2, 0.25) is 0 Å². The molecule has 0 heterocycles. The van der Waals surface area contributed by atoms with Gasteiger partial charge in [-0.1, -0.05) is 0 Å². The van der Waals surface area contributed by atoms with Crippen LogP contribution in [0, 0.1) is 0 Å². The maximum atomic E-state index is 9.64. The summed E-state index contributed by atoms with van der Waals surface area (Å²) < 4.78 is 24.9. The van der Waals surface area contributed by atoms with E-state index in [1.54, 1.807) is 0 Å². The predicted molar refractivity (Wildman–Crippen MR) is 106 cm³/mol. The fraction of sp³-hybridized carbons (Fsp3) is 0.889. The van der Waals surface area contributed by atoms with Gasteiger partial charge in [-0.25, -0.2) is 0 Å². The molecule has 0 bridgehead atoms. The van der Waals surface area contributed by atoms with Crippen molar-refractivity contribution in [3.05, 3.63) is 0 Å². The number of ether oxygens (including phenoxy) is 5. The molecule has 0 atom stereocenters. The summed E-state index contributed by atoms with van der Waals surface area (Å²) in [5, 5.41) is 40.7. The Hall–Kier alpha value is -1.38. The number of hydrogen-bond donors (Lipinski definition) is 5. The average Bonchev–Trinajstić information content (AvgIpc) is 2.72. The molecule has 0 fully saturated rings. The Kier molecular flexibility index (Phi) is 35.8. The van der Waals surface area contributed by atoms with E-state index >= 15 is 0 Å². The molecule has 0 radical (unpaired) electrons. The summed E-state index contributed by atoms with van der Waals surface area (Å²) in [7, 11) is 0. The van der Waals surface area contributed by atoms with Crippen LogP contribution in [0.4, 0.5) is 0 Å². The first kappa shape index (κ1) is 33.3. The molecular formula is C18H38O12. The summed E-state index contributed by atoms with van der Waals surface area (Å²) in [6.07, 6.45) is -0.593. The van der Waals surface area contributed by atoms with Crippen molar-refractivity contribution in [3.63, 3.8) is 0 Å². The Bertz CT molecular complexity index is 309. The van der Waals surface area contributed by atoms with Crippen molar-refractivity contribution in [1.82, 2.24) is 0 Å². The van der Waals surface area contributed by atoms with E-state index < -0.39 is 11.9 Å². The van der Waals surface area contributed by atoms with Crippen LogP contribution in [0.3, 0.4) is 0 Å². The van der Waals surface area contributed by atoms with Crippen LogP contribution in [0.2, 0.25) is 0 Å². The monoisotopic (exact) mass is 446 g/mol. The van der Waals surface area contributed by atoms with E-state index in [-0.39, 0.29) is 32.7 Å². The zero-order chi connectivity index (χ0) is 23.3. The Morgan fingerprint density at radius 1 is 0.533 bits per heavy atom. The molecule has 0 rings (SSSR count). The Balaban J connectivity index is -0.000000372. The number of rotatable bonds is 19. The quantitative estimate of drug-likeness (QED) is 0.153. The molecule has 0 aliphatic carbocycles. The summed E-state index contributed by atoms with van der Waals surface area (Å²) >= 11 is 0. The Morgan fingerprint density at radius 3 is 1.03 bits per heavy atom. The summed E-state index contributed by atoms with van der Waals surface area (Å²) in [6.45, 7) is 7.20. The third-order valence-electron chi connectivity index (χ3n) is 2.58. The molecule has 12 nitrogen and oxygen atoms in total. The minimum atomic E-state index is -1.08. The van der Waals surface area contributed by atoms with Gasteiger partial charge < -0.3 is 49.2 Å². The molecule has 182 valence electrons. The predicted octanol–water partition coefficient (Wildman–Crippen LogP) is -1.01. The van der Waals surface area contributed by atoms with E-state index in [2.05, 4.69) is 0 Å². The average molecular weight is 446 g/mol. The van der Waals surface area contributed by atoms with Crippen molar-refractivity contribution in [3.8, 4) is 0 Å². The smallest absolute Gasteiger partial charge is 0.303 e. The molecule has 0 spiro atoms. The second-order valence-electron chi connectivity index (χ2n) is 5.10. The molecular weight excluding hydrogens is 408 g/mol. The van der Waals surface area contributed by atoms with Crippen molar-refractivity contribution in [1.29, 1.82) is 0 Å². The summed E-state index contributed by atoms with van der Waals surface area (Å²) in [4.78, 5) is 19.3. The molecule has 0 saturated carbocycles. The molecule has 5 N–H and O–H groups in total. The summed E-state index contributed by atoms with van der Waals surface area (Å²) in [5.41, 5.74) is 0. The highest BCUT2D eigenvalue weighted by Gasteiger charge is 2.00. The topological polar surface area (TPSA) is 181 Å². The highest BCUT2D eigenvalue weighted by molar-refractivity contribution is 5.75. The molecule has 0 aromatic carbocycles. The first-order valence-corrected chi connectivity index (χ1v) is 9.61. The van der Waals surface area contributed by atoms with Crippen LogP contribution in [-0.2, 0) is 33.3 Å². The number of hydrogen-bond acceptors (Lipinski definition) is 10. The molecule has 0 aromatic rings. The molecule has 0 amide bonds. The van der Waals surface area contributed by atoms with Gasteiger partial charge in [-0.3, -0.25) is 9.59 Å². The fourth-order valence-electron chi connectivity index (χ4n) is 1.31. The molecule has 0 aromatic heterocycles. The second-order valence-corrected chi connectivity index (χ2v) is 5.10. The lowest BCUT2D eigenvalue weighted by molar-refractivity contribution is -0.143. The highest BCUT2D eigenvalue weighted by atomic mass is 16.5. The molecule has 12 heteroatoms. The Labute approximate surface area is 177 Å². The van der Waals surface area contributed by atoms with Crippen LogP contribution >= 0.6 is 0 Å². The van der Waals surface area contributed by atoms with Gasteiger partial charge in [0.05, 0.1) is 92.1 Å². The van der Waals surface area contributed by atoms with Crippen LogP contribution in [-0.4, -0.2) is 123 Å². The highest BCUT2D eigenvalue weighted by Crippen LogP contribution is 1.86. The van der Waals surface area contributed by atoms with Gasteiger partial charge in [0.25, 0.3) is 0 Å². The normalized spacial score (nSPS) is 9.87. The van der Waals surface area contributed by atoms with Crippen molar-refractivity contribution in [2.75, 3.05) is 85.9 Å². The number of aliphatic hydroxyl groups excluding tert-OH is 3. The van der Waals surface area contributed by atoms with E-state index in [9.17, 15) is 9.59 Å². The van der Waals surface area contributed by atoms with E-state index in [0.717, 1.165) is 6.61 Å². The lowest BCUT2D eigenvalue weighted by atomic mass is 10.3. The van der Waals surface area contributed by atoms with E-state index in [1.165, 1.54) is 0 Å². The van der Waals surface area contributed by atoms with Gasteiger partial charge in [0.1, 0.15) is 0 Å². The van der Waals surface area contributed by atoms with Crippen molar-refractivity contribution in [2.24, 2.45) is 0 Å². The maximum Gasteiger partial charge on any atom is 0.303 e. The number of aliphatic hydroxyl groups is 3. The number of carboxylic acids is 2. The number of aliphatic carboxylic acids is 2. The van der Waals surface area contributed by atoms with Crippen LogP contribution in [0.1, 0.15) is 19.8 Å². The van der Waals surface area contributed by atoms with Gasteiger partial charge in [-0.2, -0.15) is 0 Å².